The van der Waals surface area contributed by atoms with Crippen LogP contribution in [0.4, 0.5) is 0 Å². The van der Waals surface area contributed by atoms with Gasteiger partial charge in [0.05, 0.1) is 5.69 Å². The number of aromatic amines is 1. The van der Waals surface area contributed by atoms with Gasteiger partial charge < -0.3 is 4.98 Å². The van der Waals surface area contributed by atoms with Crippen LogP contribution in [-0.4, -0.2) is 19.6 Å². The molecule has 148 valence electrons. The van der Waals surface area contributed by atoms with Gasteiger partial charge >= 0.3 is 0 Å². The molecule has 1 saturated carbocycles. The van der Waals surface area contributed by atoms with Crippen molar-refractivity contribution in [1.82, 2.24) is 19.6 Å². The Kier molecular flexibility index (Phi) is 4.86. The van der Waals surface area contributed by atoms with E-state index in [1.54, 1.807) is 0 Å². The Morgan fingerprint density at radius 2 is 1.79 bits per heavy atom. The molecule has 1 fully saturated rings. The average molecular weight is 379 g/mol. The quantitative estimate of drug-likeness (QED) is 0.700. The molecular weight excluding hydrogens is 348 g/mol. The van der Waals surface area contributed by atoms with Crippen LogP contribution in [0.5, 0.6) is 0 Å². The van der Waals surface area contributed by atoms with Crippen molar-refractivity contribution >= 4 is 5.52 Å². The Labute approximate surface area is 166 Å². The topological polar surface area (TPSA) is 63.1 Å². The molecule has 0 atom stereocenters. The van der Waals surface area contributed by atoms with Crippen molar-refractivity contribution in [2.45, 2.75) is 65.7 Å². The molecular formula is C23H30N4O. The molecule has 5 nitrogen and oxygen atoms in total. The third-order valence-electron chi connectivity index (χ3n) is 6.30. The highest BCUT2D eigenvalue weighted by atomic mass is 16.1. The van der Waals surface area contributed by atoms with Crippen LogP contribution in [0.3, 0.4) is 0 Å². The largest absolute Gasteiger partial charge is 0.303 e. The SMILES string of the molecule is CCc1nc(C2CCC(C(C)(C)C)CC2)n2nc(-c3ccccc3)[nH]c(=O)c12. The minimum absolute atomic E-state index is 0.104. The van der Waals surface area contributed by atoms with Gasteiger partial charge in [-0.3, -0.25) is 4.79 Å². The monoisotopic (exact) mass is 378 g/mol. The first-order chi connectivity index (χ1) is 13.4. The summed E-state index contributed by atoms with van der Waals surface area (Å²) in [5.74, 6) is 2.67. The second kappa shape index (κ2) is 7.19. The van der Waals surface area contributed by atoms with Crippen molar-refractivity contribution in [3.05, 3.63) is 52.2 Å². The summed E-state index contributed by atoms with van der Waals surface area (Å²) >= 11 is 0. The Bertz CT molecular complexity index is 1020. The molecule has 1 N–H and O–H groups in total. The summed E-state index contributed by atoms with van der Waals surface area (Å²) in [4.78, 5) is 20.7. The summed E-state index contributed by atoms with van der Waals surface area (Å²) < 4.78 is 1.84. The fourth-order valence-electron chi connectivity index (χ4n) is 4.55. The summed E-state index contributed by atoms with van der Waals surface area (Å²) in [6.45, 7) is 9.06. The van der Waals surface area contributed by atoms with Crippen molar-refractivity contribution < 1.29 is 0 Å². The van der Waals surface area contributed by atoms with Gasteiger partial charge in [0.25, 0.3) is 5.56 Å². The maximum absolute atomic E-state index is 12.9. The standard InChI is InChI=1S/C23H30N4O/c1-5-18-19-22(28)25-20(15-9-7-6-8-10-15)26-27(19)21(24-18)16-11-13-17(14-12-16)23(2,3)4/h6-10,16-17H,5,11-14H2,1-4H3,(H,25,26,28). The van der Waals surface area contributed by atoms with E-state index in [2.05, 4.69) is 25.8 Å². The van der Waals surface area contributed by atoms with E-state index in [1.165, 1.54) is 12.8 Å². The molecule has 1 aliphatic carbocycles. The average Bonchev–Trinajstić information content (AvgIpc) is 3.07. The van der Waals surface area contributed by atoms with Gasteiger partial charge in [0.2, 0.25) is 0 Å². The lowest BCUT2D eigenvalue weighted by Crippen LogP contribution is -2.26. The van der Waals surface area contributed by atoms with Crippen LogP contribution in [0, 0.1) is 11.3 Å². The Hall–Kier alpha value is -2.43. The Morgan fingerprint density at radius 1 is 1.11 bits per heavy atom. The lowest BCUT2D eigenvalue weighted by Gasteiger charge is -2.36. The van der Waals surface area contributed by atoms with Crippen molar-refractivity contribution in [1.29, 1.82) is 0 Å². The van der Waals surface area contributed by atoms with Crippen molar-refractivity contribution in [2.24, 2.45) is 11.3 Å². The van der Waals surface area contributed by atoms with E-state index in [4.69, 9.17) is 10.1 Å². The molecule has 0 saturated heterocycles. The number of hydrogen-bond acceptors (Lipinski definition) is 3. The number of rotatable bonds is 3. The van der Waals surface area contributed by atoms with Gasteiger partial charge in [-0.1, -0.05) is 58.0 Å². The number of benzene rings is 1. The lowest BCUT2D eigenvalue weighted by atomic mass is 9.70. The van der Waals surface area contributed by atoms with Gasteiger partial charge in [0.15, 0.2) is 11.3 Å². The van der Waals surface area contributed by atoms with Crippen molar-refractivity contribution in [2.75, 3.05) is 0 Å². The maximum atomic E-state index is 12.9. The van der Waals surface area contributed by atoms with Crippen molar-refractivity contribution in [3.63, 3.8) is 0 Å². The minimum Gasteiger partial charge on any atom is -0.303 e. The smallest absolute Gasteiger partial charge is 0.277 e. The summed E-state index contributed by atoms with van der Waals surface area (Å²) in [7, 11) is 0. The molecule has 4 rings (SSSR count). The van der Waals surface area contributed by atoms with Crippen LogP contribution in [0.25, 0.3) is 16.9 Å². The first-order valence-electron chi connectivity index (χ1n) is 10.5. The van der Waals surface area contributed by atoms with E-state index in [0.717, 1.165) is 42.3 Å². The summed E-state index contributed by atoms with van der Waals surface area (Å²) in [6.07, 6.45) is 5.37. The number of nitrogens with one attached hydrogen (secondary N) is 1. The number of fused-ring (bicyclic) bond motifs is 1. The van der Waals surface area contributed by atoms with Crippen LogP contribution >= 0.6 is 0 Å². The minimum atomic E-state index is -0.104. The molecule has 28 heavy (non-hydrogen) atoms. The molecule has 2 heterocycles. The van der Waals surface area contributed by atoms with Gasteiger partial charge in [-0.15, -0.1) is 5.10 Å². The van der Waals surface area contributed by atoms with Crippen LogP contribution in [0.1, 0.15) is 70.8 Å². The number of imidazole rings is 1. The number of aromatic nitrogens is 4. The summed E-state index contributed by atoms with van der Waals surface area (Å²) in [5.41, 5.74) is 2.62. The zero-order chi connectivity index (χ0) is 19.9. The molecule has 0 aliphatic heterocycles. The highest BCUT2D eigenvalue weighted by Crippen LogP contribution is 2.43. The van der Waals surface area contributed by atoms with Crippen LogP contribution in [0.2, 0.25) is 0 Å². The molecule has 1 aromatic carbocycles. The van der Waals surface area contributed by atoms with Crippen molar-refractivity contribution in [3.8, 4) is 11.4 Å². The third kappa shape index (κ3) is 3.38. The van der Waals surface area contributed by atoms with Gasteiger partial charge in [0, 0.05) is 11.5 Å². The number of nitrogens with zero attached hydrogens (tertiary/aromatic N) is 3. The fourth-order valence-corrected chi connectivity index (χ4v) is 4.55. The highest BCUT2D eigenvalue weighted by Gasteiger charge is 2.32. The van der Waals surface area contributed by atoms with Gasteiger partial charge in [0.1, 0.15) is 5.82 Å². The van der Waals surface area contributed by atoms with E-state index in [0.29, 0.717) is 22.7 Å². The molecule has 5 heteroatoms. The molecule has 0 amide bonds. The lowest BCUT2D eigenvalue weighted by molar-refractivity contribution is 0.167. The van der Waals surface area contributed by atoms with Crippen LogP contribution < -0.4 is 5.56 Å². The molecule has 3 aromatic rings. The molecule has 2 aromatic heterocycles. The molecule has 0 spiro atoms. The summed E-state index contributed by atoms with van der Waals surface area (Å²) in [5, 5.41) is 4.82. The molecule has 1 aliphatic rings. The van der Waals surface area contributed by atoms with E-state index >= 15 is 0 Å². The predicted molar refractivity (Wildman–Crippen MR) is 113 cm³/mol. The zero-order valence-electron chi connectivity index (χ0n) is 17.3. The van der Waals surface area contributed by atoms with Gasteiger partial charge in [-0.2, -0.15) is 0 Å². The first-order valence-corrected chi connectivity index (χ1v) is 10.5. The molecule has 0 unspecified atom stereocenters. The number of hydrogen-bond donors (Lipinski definition) is 1. The molecule has 0 bridgehead atoms. The van der Waals surface area contributed by atoms with Crippen LogP contribution in [-0.2, 0) is 6.42 Å². The Balaban J connectivity index is 1.77. The Morgan fingerprint density at radius 3 is 2.39 bits per heavy atom. The van der Waals surface area contributed by atoms with E-state index in [-0.39, 0.29) is 5.56 Å². The van der Waals surface area contributed by atoms with Gasteiger partial charge in [-0.05, 0) is 43.4 Å². The zero-order valence-corrected chi connectivity index (χ0v) is 17.3. The first kappa shape index (κ1) is 18.9. The summed E-state index contributed by atoms with van der Waals surface area (Å²) in [6, 6.07) is 9.82. The maximum Gasteiger partial charge on any atom is 0.277 e. The van der Waals surface area contributed by atoms with Crippen LogP contribution in [0.15, 0.2) is 35.1 Å². The van der Waals surface area contributed by atoms with E-state index < -0.39 is 0 Å². The van der Waals surface area contributed by atoms with E-state index in [9.17, 15) is 4.79 Å². The molecule has 0 radical (unpaired) electrons. The number of H-pyrrole nitrogens is 1. The van der Waals surface area contributed by atoms with Gasteiger partial charge in [-0.25, -0.2) is 9.50 Å². The fraction of sp³-hybridized carbons (Fsp3) is 0.522. The second-order valence-electron chi connectivity index (χ2n) is 9.11. The highest BCUT2D eigenvalue weighted by molar-refractivity contribution is 5.58. The second-order valence-corrected chi connectivity index (χ2v) is 9.11. The normalized spacial score (nSPS) is 20.6. The third-order valence-corrected chi connectivity index (χ3v) is 6.30. The van der Waals surface area contributed by atoms with E-state index in [1.807, 2.05) is 41.8 Å². The number of aryl methyl sites for hydroxylation is 1. The predicted octanol–water partition coefficient (Wildman–Crippen LogP) is 4.97.